The minimum atomic E-state index is -1.49. The first kappa shape index (κ1) is 61.8. The topological polar surface area (TPSA) is 205 Å². The number of carbonyl (C=O) groups excluding carboxylic acids is 6. The van der Waals surface area contributed by atoms with Gasteiger partial charge in [-0.25, -0.2) is 4.21 Å². The van der Waals surface area contributed by atoms with Gasteiger partial charge in [0.25, 0.3) is 0 Å². The molecule has 2 fully saturated rings. The van der Waals surface area contributed by atoms with Gasteiger partial charge < -0.3 is 41.7 Å². The molecular weight excluding hydrogens is 1050 g/mol. The van der Waals surface area contributed by atoms with Gasteiger partial charge in [0.05, 0.1) is 35.0 Å². The van der Waals surface area contributed by atoms with E-state index in [0.29, 0.717) is 36.0 Å². The van der Waals surface area contributed by atoms with Crippen molar-refractivity contribution in [3.05, 3.63) is 130 Å². The summed E-state index contributed by atoms with van der Waals surface area (Å²) in [6.07, 6.45) is 5.39. The zero-order valence-corrected chi connectivity index (χ0v) is 50.6. The lowest BCUT2D eigenvalue weighted by Gasteiger charge is -2.44. The van der Waals surface area contributed by atoms with Crippen LogP contribution >= 0.6 is 0 Å². The molecule has 2 saturated heterocycles. The first-order chi connectivity index (χ1) is 39.0. The fourth-order valence-corrected chi connectivity index (χ4v) is 12.8. The maximum atomic E-state index is 14.7. The second-order valence-electron chi connectivity index (χ2n) is 25.1. The number of benzene rings is 4. The molecule has 6 amide bonds. The highest BCUT2D eigenvalue weighted by Gasteiger charge is 2.45. The summed E-state index contributed by atoms with van der Waals surface area (Å²) in [6.45, 7) is 18.2. The number of carbonyl (C=O) groups is 6. The SMILES string of the molecule is CN[C@@H](C)C(=O)N[C@H](C(=O)N1CCN(Cc2ccc(S(=O)c3ccc(CN4CCN(C(=O)[C@@H](NC(=O)[C@H](C)NC)C(C)(C)C)[C@H](C(=O)N[C@@H]5CCCc6ccccc65)C4)cc3)cc2)CC1C(=O)N[C@@H]1CCCc2ccccc21)C(C)(C)C. The van der Waals surface area contributed by atoms with E-state index >= 15 is 0 Å². The van der Waals surface area contributed by atoms with Crippen LogP contribution < -0.4 is 31.9 Å². The highest BCUT2D eigenvalue weighted by atomic mass is 32.2. The van der Waals surface area contributed by atoms with Gasteiger partial charge in [-0.15, -0.1) is 0 Å². The second-order valence-corrected chi connectivity index (χ2v) is 26.5. The van der Waals surface area contributed by atoms with Crippen LogP contribution in [0.5, 0.6) is 0 Å². The first-order valence-corrected chi connectivity index (χ1v) is 30.6. The van der Waals surface area contributed by atoms with Crippen molar-refractivity contribution in [3.8, 4) is 0 Å². The third-order valence-corrected chi connectivity index (χ3v) is 18.4. The van der Waals surface area contributed by atoms with Gasteiger partial charge in [-0.3, -0.25) is 38.6 Å². The van der Waals surface area contributed by atoms with Gasteiger partial charge in [0, 0.05) is 62.1 Å². The van der Waals surface area contributed by atoms with E-state index in [9.17, 15) is 33.0 Å². The van der Waals surface area contributed by atoms with Gasteiger partial charge in [0.1, 0.15) is 24.2 Å². The smallest absolute Gasteiger partial charge is 0.246 e. The molecule has 0 radical (unpaired) electrons. The molecule has 0 aromatic heterocycles. The Balaban J connectivity index is 0.934. The number of piperazine rings is 2. The van der Waals surface area contributed by atoms with E-state index in [1.54, 1.807) is 37.7 Å². The van der Waals surface area contributed by atoms with Crippen molar-refractivity contribution in [1.29, 1.82) is 0 Å². The monoisotopic (exact) mass is 1140 g/mol. The fourth-order valence-electron chi connectivity index (χ4n) is 11.8. The summed E-state index contributed by atoms with van der Waals surface area (Å²) in [6, 6.07) is 27.0. The lowest BCUT2D eigenvalue weighted by atomic mass is 9.85. The van der Waals surface area contributed by atoms with Crippen LogP contribution in [-0.2, 0) is 65.5 Å². The normalized spacial score (nSPS) is 21.6. The Labute approximate surface area is 488 Å². The molecule has 4 aromatic rings. The molecule has 2 aliphatic carbocycles. The summed E-state index contributed by atoms with van der Waals surface area (Å²) < 4.78 is 14.1. The molecule has 0 saturated carbocycles. The summed E-state index contributed by atoms with van der Waals surface area (Å²) in [4.78, 5) is 93.8. The highest BCUT2D eigenvalue weighted by Crippen LogP contribution is 2.33. The van der Waals surface area contributed by atoms with E-state index in [-0.39, 0.29) is 73.7 Å². The van der Waals surface area contributed by atoms with Gasteiger partial charge in [-0.1, -0.05) is 114 Å². The zero-order valence-electron chi connectivity index (χ0n) is 49.8. The van der Waals surface area contributed by atoms with Crippen molar-refractivity contribution in [2.75, 3.05) is 53.4 Å². The lowest BCUT2D eigenvalue weighted by Crippen LogP contribution is -2.65. The van der Waals surface area contributed by atoms with Gasteiger partial charge >= 0.3 is 0 Å². The predicted octanol–water partition coefficient (Wildman–Crippen LogP) is 5.54. The third kappa shape index (κ3) is 14.9. The summed E-state index contributed by atoms with van der Waals surface area (Å²) >= 11 is 0. The standard InChI is InChI=1S/C64H88N10O7S/c1-41(65-9)57(75)69-55(63(3,4)5)61(79)73-35-33-71(39-53(73)59(77)67-51-23-15-19-45-17-11-13-21-49(45)51)37-43-25-29-47(30-26-43)82(81)48-31-27-44(28-32-48)38-72-34-36-74(62(80)56(64(6,7)8)70-58(76)42(2)66-10)54(40-72)60(78)68-52-24-16-20-46-18-12-14-22-50(46)52/h11-14,17-18,21-22,25-32,41-42,51-56,65-66H,15-16,19-20,23-24,33-40H2,1-10H3,(H,67,77)(H,68,78)(H,69,75)(H,70,76)/t41-,42-,51+,52+,53-,54?,55+,56+,82?/m0/s1. The van der Waals surface area contributed by atoms with Crippen molar-refractivity contribution in [3.63, 3.8) is 0 Å². The number of aryl methyl sites for hydroxylation is 2. The minimum absolute atomic E-state index is 0.176. The molecule has 0 bridgehead atoms. The maximum absolute atomic E-state index is 14.7. The molecule has 82 heavy (non-hydrogen) atoms. The Bertz CT molecular complexity index is 2750. The Hall–Kier alpha value is -6.31. The number of hydrogen-bond donors (Lipinski definition) is 6. The number of likely N-dealkylation sites (N-methyl/N-ethyl adjacent to an activating group) is 2. The van der Waals surface area contributed by atoms with Crippen molar-refractivity contribution in [1.82, 2.24) is 51.5 Å². The molecule has 4 aromatic carbocycles. The summed E-state index contributed by atoms with van der Waals surface area (Å²) in [7, 11) is 1.91. The number of amides is 6. The van der Waals surface area contributed by atoms with Crippen molar-refractivity contribution >= 4 is 46.2 Å². The largest absolute Gasteiger partial charge is 0.347 e. The molecule has 8 rings (SSSR count). The van der Waals surface area contributed by atoms with Gasteiger partial charge in [-0.05, 0) is 135 Å². The van der Waals surface area contributed by atoms with Crippen LogP contribution in [0.2, 0.25) is 0 Å². The Morgan fingerprint density at radius 3 is 1.26 bits per heavy atom. The highest BCUT2D eigenvalue weighted by molar-refractivity contribution is 7.85. The van der Waals surface area contributed by atoms with Crippen LogP contribution in [0.1, 0.15) is 127 Å². The maximum Gasteiger partial charge on any atom is 0.246 e. The van der Waals surface area contributed by atoms with E-state index < -0.39 is 57.9 Å². The van der Waals surface area contributed by atoms with Gasteiger partial charge in [0.15, 0.2) is 0 Å². The molecule has 4 aliphatic rings. The quantitative estimate of drug-likeness (QED) is 0.0730. The summed E-state index contributed by atoms with van der Waals surface area (Å²) in [5.74, 6) is -1.61. The van der Waals surface area contributed by atoms with Crippen molar-refractivity contribution < 1.29 is 33.0 Å². The van der Waals surface area contributed by atoms with E-state index in [2.05, 4.69) is 66.0 Å². The molecule has 17 nitrogen and oxygen atoms in total. The number of nitrogens with zero attached hydrogens (tertiary/aromatic N) is 4. The Kier molecular flexibility index (Phi) is 20.3. The van der Waals surface area contributed by atoms with Crippen LogP contribution in [0, 0.1) is 10.8 Å². The van der Waals surface area contributed by atoms with Crippen LogP contribution in [0.3, 0.4) is 0 Å². The van der Waals surface area contributed by atoms with Crippen LogP contribution in [0.15, 0.2) is 107 Å². The molecule has 2 aliphatic heterocycles. The van der Waals surface area contributed by atoms with Crippen LogP contribution in [-0.4, -0.2) is 149 Å². The average molecular weight is 1140 g/mol. The average Bonchev–Trinajstić information content (AvgIpc) is 3.62. The molecule has 2 unspecified atom stereocenters. The van der Waals surface area contributed by atoms with E-state index in [1.807, 2.05) is 114 Å². The molecule has 0 spiro atoms. The van der Waals surface area contributed by atoms with Crippen LogP contribution in [0.4, 0.5) is 0 Å². The van der Waals surface area contributed by atoms with E-state index in [1.165, 1.54) is 11.1 Å². The molecular formula is C64H88N10O7S. The van der Waals surface area contributed by atoms with E-state index in [4.69, 9.17) is 0 Å². The van der Waals surface area contributed by atoms with E-state index in [0.717, 1.165) is 60.8 Å². The Morgan fingerprint density at radius 1 is 0.537 bits per heavy atom. The molecule has 18 heteroatoms. The summed E-state index contributed by atoms with van der Waals surface area (Å²) in [5, 5.41) is 18.6. The fraction of sp³-hybridized carbons (Fsp3) is 0.531. The number of rotatable bonds is 18. The van der Waals surface area contributed by atoms with Gasteiger partial charge in [-0.2, -0.15) is 0 Å². The molecule has 9 atom stereocenters. The minimum Gasteiger partial charge on any atom is -0.347 e. The van der Waals surface area contributed by atoms with Gasteiger partial charge in [0.2, 0.25) is 35.4 Å². The predicted molar refractivity (Wildman–Crippen MR) is 319 cm³/mol. The van der Waals surface area contributed by atoms with Crippen molar-refractivity contribution in [2.45, 2.75) is 165 Å². The number of fused-ring (bicyclic) bond motifs is 2. The second kappa shape index (κ2) is 26.9. The van der Waals surface area contributed by atoms with Crippen LogP contribution in [0.25, 0.3) is 0 Å². The first-order valence-electron chi connectivity index (χ1n) is 29.4. The summed E-state index contributed by atoms with van der Waals surface area (Å²) in [5.41, 5.74) is 5.32. The lowest BCUT2D eigenvalue weighted by molar-refractivity contribution is -0.149. The Morgan fingerprint density at radius 2 is 0.902 bits per heavy atom. The molecule has 442 valence electrons. The molecule has 6 N–H and O–H groups in total. The molecule has 2 heterocycles. The number of hydrogen-bond acceptors (Lipinski definition) is 11. The number of nitrogens with one attached hydrogen (secondary N) is 6. The van der Waals surface area contributed by atoms with Crippen molar-refractivity contribution in [2.24, 2.45) is 10.8 Å². The third-order valence-electron chi connectivity index (χ3n) is 17.0. The zero-order chi connectivity index (χ0) is 59.0.